The monoisotopic (exact) mass is 946 g/mol. The molecule has 0 heterocycles. The number of halogens is 2. The topological polar surface area (TPSA) is 18.5 Å². The first kappa shape index (κ1) is 46.1. The zero-order chi connectivity index (χ0) is 24.7. The van der Waals surface area contributed by atoms with Crippen LogP contribution in [0.2, 0.25) is 0 Å². The smallest absolute Gasteiger partial charge is 1.00 e. The van der Waals surface area contributed by atoms with E-state index in [2.05, 4.69) is 39.2 Å². The van der Waals surface area contributed by atoms with Crippen molar-refractivity contribution in [2.45, 2.75) is 156 Å². The molecular weight excluding hydrogens is 888 g/mol. The van der Waals surface area contributed by atoms with Crippen molar-refractivity contribution in [3.8, 4) is 0 Å². The van der Waals surface area contributed by atoms with Gasteiger partial charge < -0.3 is 34.3 Å². The van der Waals surface area contributed by atoms with E-state index in [1.165, 1.54) is 116 Å². The summed E-state index contributed by atoms with van der Waals surface area (Å²) in [7, 11) is 0. The van der Waals surface area contributed by atoms with Gasteiger partial charge in [0, 0.05) is 11.1 Å². The summed E-state index contributed by atoms with van der Waals surface area (Å²) in [6.45, 7) is 10.3. The Labute approximate surface area is 290 Å². The van der Waals surface area contributed by atoms with Crippen molar-refractivity contribution in [3.05, 3.63) is 34.1 Å². The molecule has 0 unspecified atom stereocenters. The van der Waals surface area contributed by atoms with Crippen molar-refractivity contribution in [2.75, 3.05) is 13.2 Å². The number of hydrogen-bond donors (Lipinski definition) is 0. The Morgan fingerprint density at radius 3 is 0.921 bits per heavy atom. The zero-order valence-electron chi connectivity index (χ0n) is 25.5. The van der Waals surface area contributed by atoms with Gasteiger partial charge in [0.15, 0.2) is 11.5 Å². The molecule has 0 aromatic carbocycles. The Balaban J connectivity index is -0.00000144. The fourth-order valence-electron chi connectivity index (χ4n) is 4.46. The summed E-state index contributed by atoms with van der Waals surface area (Å²) in [5.41, 5.74) is 8.68. The van der Waals surface area contributed by atoms with E-state index >= 15 is 0 Å². The van der Waals surface area contributed by atoms with Gasteiger partial charge in [-0.15, -0.1) is 0 Å². The van der Waals surface area contributed by atoms with Gasteiger partial charge in [-0.1, -0.05) is 129 Å². The van der Waals surface area contributed by atoms with E-state index in [4.69, 9.17) is 9.47 Å². The molecule has 0 aromatic rings. The molecule has 0 aliphatic heterocycles. The van der Waals surface area contributed by atoms with Crippen LogP contribution < -0.4 is 24.8 Å². The maximum absolute atomic E-state index is 6.01. The first-order valence-electron chi connectivity index (χ1n) is 14.9. The minimum atomic E-state index is 0. The van der Waals surface area contributed by atoms with E-state index in [0.29, 0.717) is 0 Å². The molecule has 1 aliphatic carbocycles. The van der Waals surface area contributed by atoms with Gasteiger partial charge in [-0.3, -0.25) is 0 Å². The van der Waals surface area contributed by atoms with Crippen molar-refractivity contribution in [2.24, 2.45) is 0 Å². The summed E-state index contributed by atoms with van der Waals surface area (Å²) in [6.07, 6.45) is 26.9. The number of allylic oxidation sites excluding steroid dienone is 2. The number of rotatable bonds is 24. The Morgan fingerprint density at radius 1 is 0.421 bits per heavy atom. The van der Waals surface area contributed by atoms with E-state index in [1.54, 1.807) is 0 Å². The zero-order valence-corrected chi connectivity index (χ0v) is 38.1. The fraction of sp³-hybridized carbons (Fsp3) is 0.812. The molecule has 1 rings (SSSR count). The van der Waals surface area contributed by atoms with Gasteiger partial charge in [0.05, 0.1) is 13.2 Å². The minimum absolute atomic E-state index is 0. The molecule has 0 amide bonds. The molecule has 0 spiro atoms. The first-order chi connectivity index (χ1) is 16.7. The third-order valence-electron chi connectivity index (χ3n) is 7.02. The average Bonchev–Trinajstić information content (AvgIpc) is 2.84. The van der Waals surface area contributed by atoms with Crippen LogP contribution in [-0.4, -0.2) is 13.2 Å². The van der Waals surface area contributed by atoms with E-state index in [1.807, 2.05) is 0 Å². The third kappa shape index (κ3) is 24.9. The maximum atomic E-state index is 6.01. The Kier molecular flexibility index (Phi) is 41.6. The Hall–Kier alpha value is 1.09. The SMILES string of the molecule is CCCCCCCCCCCCOC1=C=C=C(OCCCCCCCCCCCC)C(C)=C1C.[Cl-].[Cl-].[Hg+].[Hg+]. The van der Waals surface area contributed by atoms with Gasteiger partial charge in [-0.2, -0.15) is 0 Å². The molecule has 0 atom stereocenters. The predicted octanol–water partition coefficient (Wildman–Crippen LogP) is 4.74. The van der Waals surface area contributed by atoms with Crippen LogP contribution in [0.25, 0.3) is 0 Å². The molecular formula is C32H56Cl2Hg2O2. The van der Waals surface area contributed by atoms with Crippen LogP contribution in [0.1, 0.15) is 156 Å². The summed E-state index contributed by atoms with van der Waals surface area (Å²) >= 11 is 0. The molecule has 0 N–H and O–H groups in total. The number of unbranched alkanes of at least 4 members (excludes halogenated alkanes) is 18. The van der Waals surface area contributed by atoms with Crippen LogP contribution in [0.3, 0.4) is 0 Å². The largest absolute Gasteiger partial charge is 1.00 e. The quantitative estimate of drug-likeness (QED) is 0.0793. The van der Waals surface area contributed by atoms with Crippen molar-refractivity contribution >= 4 is 0 Å². The van der Waals surface area contributed by atoms with Gasteiger partial charge in [0.1, 0.15) is 0 Å². The molecule has 2 nitrogen and oxygen atoms in total. The molecule has 6 heteroatoms. The van der Waals surface area contributed by atoms with Gasteiger partial charge >= 0.3 is 55.3 Å². The minimum Gasteiger partial charge on any atom is -1.00 e. The van der Waals surface area contributed by atoms with Crippen molar-refractivity contribution < 1.29 is 89.6 Å². The molecule has 0 saturated heterocycles. The second-order valence-electron chi connectivity index (χ2n) is 10.2. The summed E-state index contributed by atoms with van der Waals surface area (Å²) in [4.78, 5) is 0. The van der Waals surface area contributed by atoms with E-state index < -0.39 is 0 Å². The van der Waals surface area contributed by atoms with Crippen molar-refractivity contribution in [3.63, 3.8) is 0 Å². The Bertz CT molecular complexity index is 598. The second kappa shape index (κ2) is 34.3. The summed E-state index contributed by atoms with van der Waals surface area (Å²) in [5.74, 6) is 1.69. The van der Waals surface area contributed by atoms with Gasteiger partial charge in [-0.25, -0.2) is 0 Å². The second-order valence-corrected chi connectivity index (χ2v) is 10.2. The first-order valence-corrected chi connectivity index (χ1v) is 14.9. The van der Waals surface area contributed by atoms with Crippen molar-refractivity contribution in [1.29, 1.82) is 0 Å². The number of hydrogen-bond acceptors (Lipinski definition) is 2. The van der Waals surface area contributed by atoms with Crippen LogP contribution in [0, 0.1) is 0 Å². The molecule has 1 aliphatic rings. The summed E-state index contributed by atoms with van der Waals surface area (Å²) in [6, 6.07) is 0. The summed E-state index contributed by atoms with van der Waals surface area (Å²) in [5, 5.41) is 0. The van der Waals surface area contributed by atoms with E-state index in [-0.39, 0.29) is 80.2 Å². The van der Waals surface area contributed by atoms with Crippen molar-refractivity contribution in [1.82, 2.24) is 0 Å². The number of ether oxygens (including phenoxy) is 2. The molecule has 0 bridgehead atoms. The standard InChI is InChI=1S/C32H56O2.2ClH.2Hg/c1-5-7-9-11-13-15-17-19-21-23-27-33-31-25-26-32(30(4)29(31)3)34-28-24-22-20-18-16-14-12-10-8-6-2;;;;/h5-24,27-28H2,1-4H3;2*1H;;/q;;;2*+1/p-2. The third-order valence-corrected chi connectivity index (χ3v) is 7.02. The molecule has 2 radical (unpaired) electrons. The van der Waals surface area contributed by atoms with E-state index in [9.17, 15) is 0 Å². The van der Waals surface area contributed by atoms with Crippen LogP contribution in [0.5, 0.6) is 0 Å². The predicted molar refractivity (Wildman–Crippen MR) is 148 cm³/mol. The Morgan fingerprint density at radius 2 is 0.658 bits per heavy atom. The van der Waals surface area contributed by atoms with Crippen LogP contribution >= 0.6 is 0 Å². The molecule has 0 aromatic heterocycles. The molecule has 0 saturated carbocycles. The van der Waals surface area contributed by atoms with Gasteiger partial charge in [0.25, 0.3) is 0 Å². The normalized spacial score (nSPS) is 11.9. The van der Waals surface area contributed by atoms with Crippen LogP contribution in [0.4, 0.5) is 0 Å². The van der Waals surface area contributed by atoms with E-state index in [0.717, 1.165) is 48.7 Å². The van der Waals surface area contributed by atoms with Crippen LogP contribution in [-0.2, 0) is 64.8 Å². The molecule has 0 fully saturated rings. The average molecular weight is 945 g/mol. The maximum Gasteiger partial charge on any atom is 1.00 e. The van der Waals surface area contributed by atoms with Gasteiger partial charge in [0.2, 0.25) is 0 Å². The fourth-order valence-corrected chi connectivity index (χ4v) is 4.46. The summed E-state index contributed by atoms with van der Waals surface area (Å²) < 4.78 is 12.0. The van der Waals surface area contributed by atoms with Gasteiger partial charge in [-0.05, 0) is 38.2 Å². The molecule has 38 heavy (non-hydrogen) atoms. The molecule has 214 valence electrons. The van der Waals surface area contributed by atoms with Crippen LogP contribution in [0.15, 0.2) is 34.1 Å².